The van der Waals surface area contributed by atoms with Crippen LogP contribution in [-0.4, -0.2) is 35.4 Å². The highest BCUT2D eigenvalue weighted by Gasteiger charge is 2.23. The van der Waals surface area contributed by atoms with Gasteiger partial charge in [0.2, 0.25) is 5.91 Å². The second kappa shape index (κ2) is 6.44. The van der Waals surface area contributed by atoms with Crippen LogP contribution in [0.5, 0.6) is 0 Å². The summed E-state index contributed by atoms with van der Waals surface area (Å²) in [5.74, 6) is 0.220. The lowest BCUT2D eigenvalue weighted by Gasteiger charge is -2.18. The van der Waals surface area contributed by atoms with Gasteiger partial charge in [0.25, 0.3) is 0 Å². The van der Waals surface area contributed by atoms with Gasteiger partial charge in [-0.2, -0.15) is 0 Å². The van der Waals surface area contributed by atoms with Crippen molar-refractivity contribution in [1.29, 1.82) is 0 Å². The number of nitrogens with zero attached hydrogens (tertiary/aromatic N) is 2. The van der Waals surface area contributed by atoms with Gasteiger partial charge in [0, 0.05) is 29.4 Å². The molecule has 1 fully saturated rings. The number of carbonyl (C=O) groups is 1. The van der Waals surface area contributed by atoms with E-state index in [0.29, 0.717) is 6.54 Å². The molecule has 21 heavy (non-hydrogen) atoms. The van der Waals surface area contributed by atoms with E-state index in [1.54, 1.807) is 11.3 Å². The zero-order chi connectivity index (χ0) is 15.6. The van der Waals surface area contributed by atoms with Crippen LogP contribution in [0.1, 0.15) is 62.2 Å². The number of thiazole rings is 1. The number of aryl methyl sites for hydroxylation is 1. The monoisotopic (exact) mass is 309 g/mol. The summed E-state index contributed by atoms with van der Waals surface area (Å²) in [6.45, 7) is 13.0. The minimum Gasteiger partial charge on any atom is -0.342 e. The Labute approximate surface area is 132 Å². The van der Waals surface area contributed by atoms with Crippen molar-refractivity contribution in [3.8, 4) is 0 Å². The Bertz CT molecular complexity index is 498. The van der Waals surface area contributed by atoms with Gasteiger partial charge in [0.15, 0.2) is 0 Å². The number of rotatable bonds is 4. The number of likely N-dealkylation sites (tertiary alicyclic amines) is 1. The van der Waals surface area contributed by atoms with Crippen molar-refractivity contribution in [2.45, 2.75) is 58.9 Å². The fourth-order valence-electron chi connectivity index (χ4n) is 2.54. The average molecular weight is 309 g/mol. The third-order valence-electron chi connectivity index (χ3n) is 3.89. The quantitative estimate of drug-likeness (QED) is 0.930. The van der Waals surface area contributed by atoms with Gasteiger partial charge >= 0.3 is 0 Å². The van der Waals surface area contributed by atoms with Gasteiger partial charge in [-0.25, -0.2) is 4.98 Å². The highest BCUT2D eigenvalue weighted by atomic mass is 32.1. The molecule has 4 nitrogen and oxygen atoms in total. The molecule has 0 aliphatic carbocycles. The molecule has 1 saturated heterocycles. The molecule has 5 heteroatoms. The van der Waals surface area contributed by atoms with Crippen molar-refractivity contribution in [1.82, 2.24) is 15.2 Å². The average Bonchev–Trinajstić information content (AvgIpc) is 3.03. The fraction of sp³-hybridized carbons (Fsp3) is 0.750. The van der Waals surface area contributed by atoms with Crippen molar-refractivity contribution >= 4 is 17.2 Å². The van der Waals surface area contributed by atoms with E-state index in [4.69, 9.17) is 4.98 Å². The highest BCUT2D eigenvalue weighted by molar-refractivity contribution is 7.12. The van der Waals surface area contributed by atoms with Gasteiger partial charge < -0.3 is 10.2 Å². The second-order valence-electron chi connectivity index (χ2n) is 6.91. The number of aromatic nitrogens is 1. The molecular formula is C16H27N3OS. The van der Waals surface area contributed by atoms with E-state index in [9.17, 15) is 4.79 Å². The fourth-order valence-corrected chi connectivity index (χ4v) is 3.69. The summed E-state index contributed by atoms with van der Waals surface area (Å²) < 4.78 is 0. The largest absolute Gasteiger partial charge is 0.342 e. The first-order valence-electron chi connectivity index (χ1n) is 7.78. The lowest BCUT2D eigenvalue weighted by molar-refractivity contribution is -0.129. The standard InChI is InChI=1S/C16H27N3OS/c1-11(17-10-13(20)19-8-6-7-9-19)14-12(2)18-15(21-14)16(3,4)5/h11,17H,6-10H2,1-5H3. The molecule has 0 aromatic carbocycles. The topological polar surface area (TPSA) is 45.2 Å². The van der Waals surface area contributed by atoms with Gasteiger partial charge in [0.1, 0.15) is 0 Å². The maximum absolute atomic E-state index is 12.1. The van der Waals surface area contributed by atoms with E-state index >= 15 is 0 Å². The molecular weight excluding hydrogens is 282 g/mol. The van der Waals surface area contributed by atoms with Crippen LogP contribution < -0.4 is 5.32 Å². The van der Waals surface area contributed by atoms with Crippen LogP contribution in [0.3, 0.4) is 0 Å². The minimum absolute atomic E-state index is 0.0821. The van der Waals surface area contributed by atoms with Crippen molar-refractivity contribution in [3.63, 3.8) is 0 Å². The lowest BCUT2D eigenvalue weighted by Crippen LogP contribution is -2.37. The molecule has 1 aliphatic heterocycles. The third kappa shape index (κ3) is 4.04. The van der Waals surface area contributed by atoms with Crippen LogP contribution in [-0.2, 0) is 10.2 Å². The minimum atomic E-state index is 0.0821. The molecule has 1 amide bonds. The highest BCUT2D eigenvalue weighted by Crippen LogP contribution is 2.32. The predicted molar refractivity (Wildman–Crippen MR) is 87.8 cm³/mol. The number of hydrogen-bond donors (Lipinski definition) is 1. The van der Waals surface area contributed by atoms with Crippen LogP contribution in [0.2, 0.25) is 0 Å². The molecule has 1 aromatic rings. The number of hydrogen-bond acceptors (Lipinski definition) is 4. The Morgan fingerprint density at radius 3 is 2.52 bits per heavy atom. The van der Waals surface area contributed by atoms with E-state index in [1.807, 2.05) is 4.90 Å². The van der Waals surface area contributed by atoms with Gasteiger partial charge in [-0.3, -0.25) is 4.79 Å². The van der Waals surface area contributed by atoms with Crippen molar-refractivity contribution < 1.29 is 4.79 Å². The lowest BCUT2D eigenvalue weighted by atomic mass is 9.98. The third-order valence-corrected chi connectivity index (χ3v) is 5.65. The Morgan fingerprint density at radius 1 is 1.38 bits per heavy atom. The van der Waals surface area contributed by atoms with E-state index in [-0.39, 0.29) is 17.4 Å². The SMILES string of the molecule is Cc1nc(C(C)(C)C)sc1C(C)NCC(=O)N1CCCC1. The van der Waals surface area contributed by atoms with Gasteiger partial charge in [-0.05, 0) is 26.7 Å². The zero-order valence-corrected chi connectivity index (χ0v) is 14.6. The summed E-state index contributed by atoms with van der Waals surface area (Å²) in [6.07, 6.45) is 2.29. The summed E-state index contributed by atoms with van der Waals surface area (Å²) in [6, 6.07) is 0.171. The number of carbonyl (C=O) groups excluding carboxylic acids is 1. The van der Waals surface area contributed by atoms with E-state index in [1.165, 1.54) is 4.88 Å². The molecule has 2 heterocycles. The molecule has 1 N–H and O–H groups in total. The normalized spacial score (nSPS) is 17.3. The Morgan fingerprint density at radius 2 is 2.00 bits per heavy atom. The number of amides is 1. The molecule has 1 aliphatic rings. The first-order chi connectivity index (χ1) is 9.79. The smallest absolute Gasteiger partial charge is 0.236 e. The van der Waals surface area contributed by atoms with E-state index in [2.05, 4.69) is 39.9 Å². The van der Waals surface area contributed by atoms with E-state index < -0.39 is 0 Å². The van der Waals surface area contributed by atoms with E-state index in [0.717, 1.165) is 36.6 Å². The summed E-state index contributed by atoms with van der Waals surface area (Å²) in [5, 5.41) is 4.52. The van der Waals surface area contributed by atoms with Crippen molar-refractivity contribution in [3.05, 3.63) is 15.6 Å². The van der Waals surface area contributed by atoms with Crippen molar-refractivity contribution in [2.24, 2.45) is 0 Å². The Kier molecular flexibility index (Phi) is 5.04. The molecule has 118 valence electrons. The summed E-state index contributed by atoms with van der Waals surface area (Å²) >= 11 is 1.76. The molecule has 1 atom stereocenters. The molecule has 0 radical (unpaired) electrons. The summed E-state index contributed by atoms with van der Waals surface area (Å²) in [4.78, 5) is 20.0. The van der Waals surface area contributed by atoms with Gasteiger partial charge in [-0.1, -0.05) is 20.8 Å². The van der Waals surface area contributed by atoms with Crippen LogP contribution in [0, 0.1) is 6.92 Å². The molecule has 0 saturated carbocycles. The molecule has 2 rings (SSSR count). The van der Waals surface area contributed by atoms with Crippen LogP contribution in [0.25, 0.3) is 0 Å². The van der Waals surface area contributed by atoms with Crippen LogP contribution in [0.4, 0.5) is 0 Å². The maximum atomic E-state index is 12.1. The summed E-state index contributed by atoms with van der Waals surface area (Å²) in [5.41, 5.74) is 1.16. The van der Waals surface area contributed by atoms with Crippen LogP contribution in [0.15, 0.2) is 0 Å². The van der Waals surface area contributed by atoms with Gasteiger partial charge in [0.05, 0.1) is 17.2 Å². The molecule has 0 spiro atoms. The van der Waals surface area contributed by atoms with Crippen LogP contribution >= 0.6 is 11.3 Å². The Hall–Kier alpha value is -0.940. The van der Waals surface area contributed by atoms with Crippen molar-refractivity contribution in [2.75, 3.05) is 19.6 Å². The molecule has 0 bridgehead atoms. The second-order valence-corrected chi connectivity index (χ2v) is 7.94. The molecule has 1 unspecified atom stereocenters. The number of nitrogens with one attached hydrogen (secondary N) is 1. The summed E-state index contributed by atoms with van der Waals surface area (Å²) in [7, 11) is 0. The maximum Gasteiger partial charge on any atom is 0.236 e. The Balaban J connectivity index is 1.95. The predicted octanol–water partition coefficient (Wildman–Crippen LogP) is 3.02. The molecule has 1 aromatic heterocycles. The zero-order valence-electron chi connectivity index (χ0n) is 13.8. The first kappa shape index (κ1) is 16.4. The van der Waals surface area contributed by atoms with Gasteiger partial charge in [-0.15, -0.1) is 11.3 Å². The first-order valence-corrected chi connectivity index (χ1v) is 8.59.